The first-order chi connectivity index (χ1) is 12.7. The van der Waals surface area contributed by atoms with Crippen molar-refractivity contribution in [3.05, 3.63) is 76.4 Å². The molecule has 0 spiro atoms. The fourth-order valence-electron chi connectivity index (χ4n) is 4.21. The highest BCUT2D eigenvalue weighted by Gasteiger charge is 2.23. The van der Waals surface area contributed by atoms with E-state index in [0.717, 1.165) is 38.1 Å². The number of hydrogen-bond donors (Lipinski definition) is 1. The van der Waals surface area contributed by atoms with Crippen molar-refractivity contribution in [1.29, 1.82) is 0 Å². The molecule has 3 aromatic carbocycles. The summed E-state index contributed by atoms with van der Waals surface area (Å²) in [7, 11) is 0. The summed E-state index contributed by atoms with van der Waals surface area (Å²) in [6.45, 7) is 0. The molecule has 3 heteroatoms. The summed E-state index contributed by atoms with van der Waals surface area (Å²) in [6.07, 6.45) is 7.15. The molecule has 26 heavy (non-hydrogen) atoms. The van der Waals surface area contributed by atoms with E-state index in [4.69, 9.17) is 4.42 Å². The Morgan fingerprint density at radius 2 is 1.85 bits per heavy atom. The standard InChI is InChI=1S/C23H12O3/c24-17-6-3-7-19-23(17)22-16-11-18(25)21-13-5-2-1-4-12(13)10-15(21)14(16)8-9-20(22)26-19/h1-11,25H. The summed E-state index contributed by atoms with van der Waals surface area (Å²) in [6, 6.07) is 13.7. The Bertz CT molecular complexity index is 1450. The van der Waals surface area contributed by atoms with E-state index in [0.29, 0.717) is 16.6 Å². The summed E-state index contributed by atoms with van der Waals surface area (Å²) in [5, 5.41) is 14.4. The van der Waals surface area contributed by atoms with Crippen LogP contribution in [-0.2, 0) is 0 Å². The third-order valence-electron chi connectivity index (χ3n) is 5.29. The van der Waals surface area contributed by atoms with E-state index in [1.54, 1.807) is 24.3 Å². The van der Waals surface area contributed by atoms with Crippen LogP contribution in [0.5, 0.6) is 5.75 Å². The van der Waals surface area contributed by atoms with Gasteiger partial charge in [0.05, 0.1) is 5.56 Å². The number of benzene rings is 3. The number of carbonyl (C=O) groups is 1. The van der Waals surface area contributed by atoms with Crippen LogP contribution < -0.4 is 10.6 Å². The second-order valence-corrected chi connectivity index (χ2v) is 6.68. The van der Waals surface area contributed by atoms with Crippen LogP contribution in [0.2, 0.25) is 0 Å². The maximum absolute atomic E-state index is 12.5. The molecule has 0 fully saturated rings. The van der Waals surface area contributed by atoms with Crippen molar-refractivity contribution in [1.82, 2.24) is 0 Å². The van der Waals surface area contributed by atoms with E-state index in [-0.39, 0.29) is 11.5 Å². The molecule has 1 heterocycles. The Morgan fingerprint density at radius 3 is 2.77 bits per heavy atom. The number of furan rings is 1. The third kappa shape index (κ3) is 1.55. The lowest BCUT2D eigenvalue weighted by Crippen LogP contribution is -2.12. The molecule has 3 nitrogen and oxygen atoms in total. The Kier molecular flexibility index (Phi) is 2.38. The minimum absolute atomic E-state index is 0.0685. The van der Waals surface area contributed by atoms with E-state index in [9.17, 15) is 9.90 Å². The lowest BCUT2D eigenvalue weighted by molar-refractivity contribution is 0.104. The summed E-state index contributed by atoms with van der Waals surface area (Å²) in [4.78, 5) is 12.5. The molecule has 0 saturated heterocycles. The molecule has 1 N–H and O–H groups in total. The molecule has 6 rings (SSSR count). The van der Waals surface area contributed by atoms with Crippen LogP contribution in [0.1, 0.15) is 15.9 Å². The quantitative estimate of drug-likeness (QED) is 0.470. The highest BCUT2D eigenvalue weighted by molar-refractivity contribution is 6.22. The molecule has 2 aliphatic rings. The first kappa shape index (κ1) is 13.7. The van der Waals surface area contributed by atoms with Crippen molar-refractivity contribution < 1.29 is 14.3 Å². The number of rotatable bonds is 0. The van der Waals surface area contributed by atoms with Crippen LogP contribution in [0.4, 0.5) is 0 Å². The fourth-order valence-corrected chi connectivity index (χ4v) is 4.21. The summed E-state index contributed by atoms with van der Waals surface area (Å²) in [5.74, 6) is 0.153. The molecule has 2 aliphatic carbocycles. The molecule has 4 aromatic rings. The second kappa shape index (κ2) is 4.52. The zero-order valence-electron chi connectivity index (χ0n) is 13.6. The largest absolute Gasteiger partial charge is 0.507 e. The van der Waals surface area contributed by atoms with Gasteiger partial charge in [-0.1, -0.05) is 36.4 Å². The Morgan fingerprint density at radius 1 is 0.962 bits per heavy atom. The zero-order valence-corrected chi connectivity index (χ0v) is 13.6. The number of fused-ring (bicyclic) bond motifs is 9. The monoisotopic (exact) mass is 336 g/mol. The number of hydrogen-bond acceptors (Lipinski definition) is 3. The number of allylic oxidation sites excluding steroid dienone is 2. The van der Waals surface area contributed by atoms with Gasteiger partial charge < -0.3 is 9.52 Å². The van der Waals surface area contributed by atoms with Crippen LogP contribution in [0.3, 0.4) is 0 Å². The Hall–Kier alpha value is -3.59. The van der Waals surface area contributed by atoms with Crippen LogP contribution in [0.15, 0.2) is 59.0 Å². The van der Waals surface area contributed by atoms with Gasteiger partial charge in [0.25, 0.3) is 0 Å². The smallest absolute Gasteiger partial charge is 0.190 e. The summed E-state index contributed by atoms with van der Waals surface area (Å²) >= 11 is 0. The molecular formula is C23H12O3. The van der Waals surface area contributed by atoms with E-state index in [1.165, 1.54) is 0 Å². The number of phenols is 1. The maximum atomic E-state index is 12.5. The van der Waals surface area contributed by atoms with Gasteiger partial charge >= 0.3 is 0 Å². The van der Waals surface area contributed by atoms with E-state index >= 15 is 0 Å². The lowest BCUT2D eigenvalue weighted by Gasteiger charge is -2.08. The minimum atomic E-state index is -0.0685. The highest BCUT2D eigenvalue weighted by Crippen LogP contribution is 2.38. The molecule has 0 aliphatic heterocycles. The first-order valence-electron chi connectivity index (χ1n) is 8.47. The lowest BCUT2D eigenvalue weighted by atomic mass is 9.95. The molecule has 0 atom stereocenters. The zero-order chi connectivity index (χ0) is 17.4. The van der Waals surface area contributed by atoms with Crippen molar-refractivity contribution in [2.45, 2.75) is 0 Å². The Balaban J connectivity index is 1.85. The van der Waals surface area contributed by atoms with Crippen molar-refractivity contribution >= 4 is 39.7 Å². The van der Waals surface area contributed by atoms with Gasteiger partial charge in [0.1, 0.15) is 16.7 Å². The van der Waals surface area contributed by atoms with Gasteiger partial charge in [0.15, 0.2) is 5.78 Å². The first-order valence-corrected chi connectivity index (χ1v) is 8.47. The third-order valence-corrected chi connectivity index (χ3v) is 5.29. The number of aromatic hydroxyl groups is 1. The number of carbonyl (C=O) groups excluding carboxylic acids is 1. The van der Waals surface area contributed by atoms with Crippen LogP contribution in [0, 0.1) is 0 Å². The summed E-state index contributed by atoms with van der Waals surface area (Å²) in [5.41, 5.74) is 4.78. The minimum Gasteiger partial charge on any atom is -0.507 e. The van der Waals surface area contributed by atoms with Gasteiger partial charge in [0, 0.05) is 10.9 Å². The van der Waals surface area contributed by atoms with Crippen LogP contribution >= 0.6 is 0 Å². The number of ketones is 1. The molecule has 1 aromatic heterocycles. The van der Waals surface area contributed by atoms with Gasteiger partial charge in [-0.05, 0) is 57.5 Å². The van der Waals surface area contributed by atoms with E-state index < -0.39 is 0 Å². The van der Waals surface area contributed by atoms with E-state index in [2.05, 4.69) is 6.08 Å². The molecule has 0 radical (unpaired) electrons. The van der Waals surface area contributed by atoms with Gasteiger partial charge in [-0.2, -0.15) is 0 Å². The van der Waals surface area contributed by atoms with E-state index in [1.807, 2.05) is 36.4 Å². The predicted octanol–water partition coefficient (Wildman–Crippen LogP) is 3.63. The molecule has 0 unspecified atom stereocenters. The molecule has 0 amide bonds. The van der Waals surface area contributed by atoms with Crippen molar-refractivity contribution in [3.63, 3.8) is 0 Å². The molecule has 122 valence electrons. The Labute approximate surface area is 147 Å². The van der Waals surface area contributed by atoms with Crippen molar-refractivity contribution in [2.75, 3.05) is 0 Å². The normalized spacial score (nSPS) is 14.1. The van der Waals surface area contributed by atoms with Crippen molar-refractivity contribution in [2.24, 2.45) is 0 Å². The predicted molar refractivity (Wildman–Crippen MR) is 102 cm³/mol. The van der Waals surface area contributed by atoms with Crippen molar-refractivity contribution in [3.8, 4) is 16.9 Å². The van der Waals surface area contributed by atoms with Crippen LogP contribution in [-0.4, -0.2) is 10.9 Å². The maximum Gasteiger partial charge on any atom is 0.190 e. The number of phenolic OH excluding ortho intramolecular Hbond substituents is 1. The molecule has 0 bridgehead atoms. The SMILES string of the molecule is O=C1C=CC=c2oc3ccc4c5c(c(O)cc4c3c21)-c1ccccc1C=5. The molecule has 0 saturated carbocycles. The topological polar surface area (TPSA) is 50.4 Å². The van der Waals surface area contributed by atoms with Crippen LogP contribution in [0.25, 0.3) is 45.0 Å². The second-order valence-electron chi connectivity index (χ2n) is 6.68. The van der Waals surface area contributed by atoms with Gasteiger partial charge in [-0.3, -0.25) is 4.79 Å². The van der Waals surface area contributed by atoms with Gasteiger partial charge in [-0.15, -0.1) is 0 Å². The highest BCUT2D eigenvalue weighted by atomic mass is 16.3. The van der Waals surface area contributed by atoms with Gasteiger partial charge in [-0.25, -0.2) is 0 Å². The van der Waals surface area contributed by atoms with Gasteiger partial charge in [0.2, 0.25) is 0 Å². The average molecular weight is 336 g/mol. The molecular weight excluding hydrogens is 324 g/mol. The average Bonchev–Trinajstić information content (AvgIpc) is 3.21. The fraction of sp³-hybridized carbons (Fsp3) is 0. The summed E-state index contributed by atoms with van der Waals surface area (Å²) < 4.78 is 5.87.